The Balaban J connectivity index is 0.00000312. The topological polar surface area (TPSA) is 75.9 Å². The maximum Gasteiger partial charge on any atom is 0.254 e. The van der Waals surface area contributed by atoms with E-state index in [0.29, 0.717) is 37.5 Å². The molecule has 0 saturated carbocycles. The number of rotatable bonds is 5. The summed E-state index contributed by atoms with van der Waals surface area (Å²) >= 11 is 0. The third kappa shape index (κ3) is 5.09. The zero-order valence-electron chi connectivity index (χ0n) is 15.1. The van der Waals surface area contributed by atoms with E-state index in [1.807, 2.05) is 19.9 Å². The van der Waals surface area contributed by atoms with E-state index in [-0.39, 0.29) is 30.1 Å². The van der Waals surface area contributed by atoms with Gasteiger partial charge in [-0.15, -0.1) is 12.4 Å². The van der Waals surface area contributed by atoms with Crippen LogP contribution in [0.25, 0.3) is 0 Å². The Kier molecular flexibility index (Phi) is 8.19. The van der Waals surface area contributed by atoms with Crippen LogP contribution in [0.15, 0.2) is 24.3 Å². The molecule has 2 amide bonds. The lowest BCUT2D eigenvalue weighted by Crippen LogP contribution is -2.55. The normalized spacial score (nSPS) is 16.6. The van der Waals surface area contributed by atoms with E-state index in [9.17, 15) is 9.59 Å². The van der Waals surface area contributed by atoms with E-state index in [1.165, 1.54) is 0 Å². The molecule has 1 heterocycles. The summed E-state index contributed by atoms with van der Waals surface area (Å²) in [6, 6.07) is 6.66. The third-order valence-electron chi connectivity index (χ3n) is 4.74. The molecular weight excluding hydrogens is 342 g/mol. The van der Waals surface area contributed by atoms with Crippen molar-refractivity contribution in [3.05, 3.63) is 29.8 Å². The van der Waals surface area contributed by atoms with Crippen molar-refractivity contribution >= 4 is 24.2 Å². The number of amides is 2. The summed E-state index contributed by atoms with van der Waals surface area (Å²) in [5, 5.41) is 0. The molecule has 6 nitrogen and oxygen atoms in total. The van der Waals surface area contributed by atoms with Crippen molar-refractivity contribution in [2.75, 3.05) is 33.3 Å². The van der Waals surface area contributed by atoms with Crippen LogP contribution in [-0.4, -0.2) is 60.9 Å². The largest absolute Gasteiger partial charge is 0.497 e. The van der Waals surface area contributed by atoms with Crippen molar-refractivity contribution < 1.29 is 14.3 Å². The number of carbonyl (C=O) groups is 2. The number of halogens is 1. The van der Waals surface area contributed by atoms with Gasteiger partial charge >= 0.3 is 0 Å². The number of ether oxygens (including phenoxy) is 1. The summed E-state index contributed by atoms with van der Waals surface area (Å²) in [5.41, 5.74) is 6.64. The average molecular weight is 370 g/mol. The van der Waals surface area contributed by atoms with Crippen molar-refractivity contribution in [1.29, 1.82) is 0 Å². The predicted octanol–water partition coefficient (Wildman–Crippen LogP) is 1.77. The van der Waals surface area contributed by atoms with Gasteiger partial charge < -0.3 is 20.3 Å². The SMILES string of the molecule is CCC(C)C(N)C(=O)N1CCN(C(=O)c2cccc(OC)c2)CC1.Cl. The highest BCUT2D eigenvalue weighted by Crippen LogP contribution is 2.16. The summed E-state index contributed by atoms with van der Waals surface area (Å²) in [6.45, 7) is 6.12. The summed E-state index contributed by atoms with van der Waals surface area (Å²) < 4.78 is 5.16. The lowest BCUT2D eigenvalue weighted by atomic mass is 9.98. The van der Waals surface area contributed by atoms with Gasteiger partial charge in [0.15, 0.2) is 0 Å². The summed E-state index contributed by atoms with van der Waals surface area (Å²) in [4.78, 5) is 28.5. The van der Waals surface area contributed by atoms with Crippen molar-refractivity contribution in [3.8, 4) is 5.75 Å². The Morgan fingerprint density at radius 2 is 1.80 bits per heavy atom. The van der Waals surface area contributed by atoms with Gasteiger partial charge in [-0.25, -0.2) is 0 Å². The molecule has 2 unspecified atom stereocenters. The number of nitrogens with zero attached hydrogens (tertiary/aromatic N) is 2. The fourth-order valence-corrected chi connectivity index (χ4v) is 2.78. The van der Waals surface area contributed by atoms with E-state index in [0.717, 1.165) is 6.42 Å². The molecule has 2 atom stereocenters. The second-order valence-corrected chi connectivity index (χ2v) is 6.26. The molecule has 25 heavy (non-hydrogen) atoms. The minimum absolute atomic E-state index is 0. The van der Waals surface area contributed by atoms with Gasteiger partial charge in [-0.1, -0.05) is 26.3 Å². The van der Waals surface area contributed by atoms with Crippen LogP contribution < -0.4 is 10.5 Å². The maximum absolute atomic E-state index is 12.6. The zero-order chi connectivity index (χ0) is 17.7. The van der Waals surface area contributed by atoms with E-state index >= 15 is 0 Å². The van der Waals surface area contributed by atoms with Crippen LogP contribution in [0.1, 0.15) is 30.6 Å². The number of carbonyl (C=O) groups excluding carboxylic acids is 2. The first-order chi connectivity index (χ1) is 11.5. The van der Waals surface area contributed by atoms with Gasteiger partial charge in [0.05, 0.1) is 13.2 Å². The fraction of sp³-hybridized carbons (Fsp3) is 0.556. The minimum Gasteiger partial charge on any atom is -0.497 e. The number of hydrogen-bond acceptors (Lipinski definition) is 4. The zero-order valence-corrected chi connectivity index (χ0v) is 15.9. The molecule has 7 heteroatoms. The van der Waals surface area contributed by atoms with Crippen LogP contribution >= 0.6 is 12.4 Å². The summed E-state index contributed by atoms with van der Waals surface area (Å²) in [6.07, 6.45) is 0.876. The van der Waals surface area contributed by atoms with Crippen LogP contribution in [-0.2, 0) is 4.79 Å². The van der Waals surface area contributed by atoms with Gasteiger partial charge in [-0.2, -0.15) is 0 Å². The first-order valence-corrected chi connectivity index (χ1v) is 8.45. The standard InChI is InChI=1S/C18H27N3O3.ClH/c1-4-13(2)16(19)18(23)21-10-8-20(9-11-21)17(22)14-6-5-7-15(12-14)24-3;/h5-7,12-13,16H,4,8-11,19H2,1-3H3;1H. The second kappa shape index (κ2) is 9.63. The number of methoxy groups -OCH3 is 1. The van der Waals surface area contributed by atoms with Gasteiger partial charge in [0.25, 0.3) is 5.91 Å². The Morgan fingerprint density at radius 3 is 2.36 bits per heavy atom. The highest BCUT2D eigenvalue weighted by atomic mass is 35.5. The lowest BCUT2D eigenvalue weighted by molar-refractivity contribution is -0.135. The molecule has 1 fully saturated rings. The van der Waals surface area contributed by atoms with Crippen molar-refractivity contribution in [2.45, 2.75) is 26.3 Å². The Labute approximate surface area is 155 Å². The van der Waals surface area contributed by atoms with Crippen molar-refractivity contribution in [1.82, 2.24) is 9.80 Å². The van der Waals surface area contributed by atoms with Crippen molar-refractivity contribution in [2.24, 2.45) is 11.7 Å². The highest BCUT2D eigenvalue weighted by Gasteiger charge is 2.29. The van der Waals surface area contributed by atoms with Gasteiger partial charge in [0.1, 0.15) is 5.75 Å². The quantitative estimate of drug-likeness (QED) is 0.858. The van der Waals surface area contributed by atoms with Gasteiger partial charge in [-0.05, 0) is 24.1 Å². The lowest BCUT2D eigenvalue weighted by Gasteiger charge is -2.36. The van der Waals surface area contributed by atoms with E-state index in [2.05, 4.69) is 0 Å². The molecule has 0 aliphatic carbocycles. The third-order valence-corrected chi connectivity index (χ3v) is 4.74. The maximum atomic E-state index is 12.6. The van der Waals surface area contributed by atoms with E-state index < -0.39 is 6.04 Å². The molecular formula is C18H28ClN3O3. The van der Waals surface area contributed by atoms with Crippen LogP contribution in [0.2, 0.25) is 0 Å². The van der Waals surface area contributed by atoms with Crippen molar-refractivity contribution in [3.63, 3.8) is 0 Å². The molecule has 1 aliphatic heterocycles. The minimum atomic E-state index is -0.462. The van der Waals surface area contributed by atoms with Crippen LogP contribution in [0.5, 0.6) is 5.75 Å². The summed E-state index contributed by atoms with van der Waals surface area (Å²) in [5.74, 6) is 0.771. The summed E-state index contributed by atoms with van der Waals surface area (Å²) in [7, 11) is 1.58. The second-order valence-electron chi connectivity index (χ2n) is 6.26. The highest BCUT2D eigenvalue weighted by molar-refractivity contribution is 5.94. The first-order valence-electron chi connectivity index (χ1n) is 8.45. The van der Waals surface area contributed by atoms with Gasteiger partial charge in [0, 0.05) is 31.7 Å². The molecule has 2 N–H and O–H groups in total. The molecule has 1 saturated heterocycles. The monoisotopic (exact) mass is 369 g/mol. The number of nitrogens with two attached hydrogens (primary N) is 1. The molecule has 0 bridgehead atoms. The number of hydrogen-bond donors (Lipinski definition) is 1. The molecule has 140 valence electrons. The molecule has 0 radical (unpaired) electrons. The molecule has 1 aliphatic rings. The van der Waals surface area contributed by atoms with Gasteiger partial charge in [0.2, 0.25) is 5.91 Å². The van der Waals surface area contributed by atoms with E-state index in [4.69, 9.17) is 10.5 Å². The number of piperazine rings is 1. The van der Waals surface area contributed by atoms with Gasteiger partial charge in [-0.3, -0.25) is 9.59 Å². The van der Waals surface area contributed by atoms with Crippen LogP contribution in [0.4, 0.5) is 0 Å². The molecule has 2 rings (SSSR count). The smallest absolute Gasteiger partial charge is 0.254 e. The van der Waals surface area contributed by atoms with Crippen LogP contribution in [0, 0.1) is 5.92 Å². The Bertz CT molecular complexity index is 589. The fourth-order valence-electron chi connectivity index (χ4n) is 2.78. The molecule has 0 spiro atoms. The Hall–Kier alpha value is -1.79. The number of benzene rings is 1. The molecule has 1 aromatic carbocycles. The van der Waals surface area contributed by atoms with E-state index in [1.54, 1.807) is 35.1 Å². The Morgan fingerprint density at radius 1 is 1.20 bits per heavy atom. The predicted molar refractivity (Wildman–Crippen MR) is 100 cm³/mol. The first kappa shape index (κ1) is 21.3. The molecule has 0 aromatic heterocycles. The average Bonchev–Trinajstić information content (AvgIpc) is 2.65. The van der Waals surface area contributed by atoms with Crippen LogP contribution in [0.3, 0.4) is 0 Å². The molecule has 1 aromatic rings.